The number of ether oxygens (including phenoxy) is 1. The lowest BCUT2D eigenvalue weighted by molar-refractivity contribution is -0.193. The second-order valence-corrected chi connectivity index (χ2v) is 5.81. The summed E-state index contributed by atoms with van der Waals surface area (Å²) in [7, 11) is 0. The molecule has 0 fully saturated rings. The Labute approximate surface area is 94.2 Å². The average molecular weight is 240 g/mol. The predicted molar refractivity (Wildman–Crippen MR) is 54.9 cm³/mol. The van der Waals surface area contributed by atoms with Gasteiger partial charge in [0.2, 0.25) is 0 Å². The lowest BCUT2D eigenvalue weighted by atomic mass is 9.76. The van der Waals surface area contributed by atoms with Gasteiger partial charge < -0.3 is 4.74 Å². The molecule has 0 aliphatic heterocycles. The number of carbonyl (C=O) groups excluding carboxylic acids is 1. The van der Waals surface area contributed by atoms with Crippen molar-refractivity contribution in [3.63, 3.8) is 0 Å². The van der Waals surface area contributed by atoms with E-state index in [1.165, 1.54) is 0 Å². The zero-order valence-electron chi connectivity index (χ0n) is 10.4. The Bertz CT molecular complexity index is 249. The van der Waals surface area contributed by atoms with Crippen molar-refractivity contribution in [2.45, 2.75) is 47.2 Å². The van der Waals surface area contributed by atoms with Crippen LogP contribution in [0.25, 0.3) is 0 Å². The maximum absolute atomic E-state index is 11.9. The first kappa shape index (κ1) is 15.3. The third kappa shape index (κ3) is 6.69. The van der Waals surface area contributed by atoms with Crippen LogP contribution < -0.4 is 0 Å². The van der Waals surface area contributed by atoms with Gasteiger partial charge in [-0.1, -0.05) is 20.8 Å². The molecule has 0 heterocycles. The van der Waals surface area contributed by atoms with Crippen LogP contribution in [0.15, 0.2) is 0 Å². The number of rotatable bonds is 3. The first-order valence-electron chi connectivity index (χ1n) is 5.07. The summed E-state index contributed by atoms with van der Waals surface area (Å²) < 4.78 is 39.8. The molecule has 0 aliphatic carbocycles. The molecule has 0 N–H and O–H groups in total. The van der Waals surface area contributed by atoms with Gasteiger partial charge >= 0.3 is 12.1 Å². The summed E-state index contributed by atoms with van der Waals surface area (Å²) in [5, 5.41) is 0. The minimum atomic E-state index is -4.46. The van der Waals surface area contributed by atoms with E-state index < -0.39 is 24.2 Å². The van der Waals surface area contributed by atoms with E-state index in [-0.39, 0.29) is 5.41 Å². The van der Waals surface area contributed by atoms with E-state index in [1.54, 1.807) is 13.8 Å². The second-order valence-electron chi connectivity index (χ2n) is 5.81. The summed E-state index contributed by atoms with van der Waals surface area (Å²) in [5.41, 5.74) is -1.04. The molecule has 2 nitrogen and oxygen atoms in total. The Kier molecular flexibility index (Phi) is 4.42. The van der Waals surface area contributed by atoms with Crippen molar-refractivity contribution < 1.29 is 22.7 Å². The maximum Gasteiger partial charge on any atom is 0.422 e. The van der Waals surface area contributed by atoms with E-state index in [0.717, 1.165) is 0 Å². The molecule has 0 bridgehead atoms. The number of esters is 1. The molecule has 0 saturated carbocycles. The summed E-state index contributed by atoms with van der Waals surface area (Å²) in [6.07, 6.45) is -4.00. The topological polar surface area (TPSA) is 26.3 Å². The molecule has 0 aromatic carbocycles. The van der Waals surface area contributed by atoms with Crippen molar-refractivity contribution in [1.82, 2.24) is 0 Å². The van der Waals surface area contributed by atoms with Crippen LogP contribution in [0.1, 0.15) is 41.0 Å². The monoisotopic (exact) mass is 240 g/mol. The highest BCUT2D eigenvalue weighted by Gasteiger charge is 2.37. The van der Waals surface area contributed by atoms with Gasteiger partial charge in [0.05, 0.1) is 5.41 Å². The van der Waals surface area contributed by atoms with Gasteiger partial charge in [0.1, 0.15) is 0 Å². The van der Waals surface area contributed by atoms with Gasteiger partial charge in [-0.3, -0.25) is 4.79 Å². The molecule has 0 saturated heterocycles. The number of alkyl halides is 3. The highest BCUT2D eigenvalue weighted by atomic mass is 19.4. The molecule has 0 amide bonds. The Morgan fingerprint density at radius 2 is 1.50 bits per heavy atom. The van der Waals surface area contributed by atoms with Crippen LogP contribution in [0, 0.1) is 10.8 Å². The average Bonchev–Trinajstić information content (AvgIpc) is 1.93. The van der Waals surface area contributed by atoms with Crippen LogP contribution >= 0.6 is 0 Å². The van der Waals surface area contributed by atoms with Crippen LogP contribution in [0.5, 0.6) is 0 Å². The van der Waals surface area contributed by atoms with Gasteiger partial charge in [0.15, 0.2) is 6.61 Å². The lowest BCUT2D eigenvalue weighted by Crippen LogP contribution is -2.33. The minimum Gasteiger partial charge on any atom is -0.456 e. The van der Waals surface area contributed by atoms with Gasteiger partial charge in [-0.2, -0.15) is 13.2 Å². The van der Waals surface area contributed by atoms with E-state index in [1.807, 2.05) is 20.8 Å². The van der Waals surface area contributed by atoms with E-state index in [9.17, 15) is 18.0 Å². The van der Waals surface area contributed by atoms with Crippen LogP contribution in [0.4, 0.5) is 13.2 Å². The molecular weight excluding hydrogens is 221 g/mol. The Morgan fingerprint density at radius 3 is 1.81 bits per heavy atom. The first-order valence-corrected chi connectivity index (χ1v) is 5.07. The van der Waals surface area contributed by atoms with E-state index in [0.29, 0.717) is 6.42 Å². The Morgan fingerprint density at radius 1 is 1.06 bits per heavy atom. The molecule has 0 spiro atoms. The molecule has 5 heteroatoms. The number of carbonyl (C=O) groups is 1. The van der Waals surface area contributed by atoms with Crippen molar-refractivity contribution in [1.29, 1.82) is 0 Å². The molecular formula is C11H19F3O2. The van der Waals surface area contributed by atoms with Gasteiger partial charge in [-0.05, 0) is 25.7 Å². The van der Waals surface area contributed by atoms with Crippen molar-refractivity contribution in [2.75, 3.05) is 6.61 Å². The fourth-order valence-corrected chi connectivity index (χ4v) is 1.74. The highest BCUT2D eigenvalue weighted by molar-refractivity contribution is 5.75. The number of halogens is 3. The molecule has 96 valence electrons. The Hall–Kier alpha value is -0.740. The molecule has 0 aromatic heterocycles. The van der Waals surface area contributed by atoms with Crippen LogP contribution in [-0.2, 0) is 9.53 Å². The summed E-state index contributed by atoms with van der Waals surface area (Å²) >= 11 is 0. The molecule has 0 atom stereocenters. The summed E-state index contributed by atoms with van der Waals surface area (Å²) in [6, 6.07) is 0. The third-order valence-corrected chi connectivity index (χ3v) is 1.89. The molecule has 0 unspecified atom stereocenters. The van der Waals surface area contributed by atoms with Crippen molar-refractivity contribution in [3.8, 4) is 0 Å². The summed E-state index contributed by atoms with van der Waals surface area (Å²) in [6.45, 7) is 7.44. The van der Waals surface area contributed by atoms with Crippen molar-refractivity contribution >= 4 is 5.97 Å². The first-order chi connectivity index (χ1) is 6.83. The zero-order valence-corrected chi connectivity index (χ0v) is 10.4. The number of hydrogen-bond acceptors (Lipinski definition) is 2. The smallest absolute Gasteiger partial charge is 0.422 e. The molecule has 0 aromatic rings. The quantitative estimate of drug-likeness (QED) is 0.705. The zero-order chi connectivity index (χ0) is 13.2. The van der Waals surface area contributed by atoms with Crippen molar-refractivity contribution in [3.05, 3.63) is 0 Å². The van der Waals surface area contributed by atoms with Gasteiger partial charge in [-0.25, -0.2) is 0 Å². The molecule has 0 rings (SSSR count). The van der Waals surface area contributed by atoms with Gasteiger partial charge in [-0.15, -0.1) is 0 Å². The Balaban J connectivity index is 4.37. The third-order valence-electron chi connectivity index (χ3n) is 1.89. The second kappa shape index (κ2) is 4.63. The largest absolute Gasteiger partial charge is 0.456 e. The van der Waals surface area contributed by atoms with E-state index >= 15 is 0 Å². The van der Waals surface area contributed by atoms with Crippen LogP contribution in [-0.4, -0.2) is 18.8 Å². The summed E-state index contributed by atoms with van der Waals surface area (Å²) in [5.74, 6) is -0.806. The minimum absolute atomic E-state index is 0.138. The SMILES string of the molecule is CC(C)(C)CC(C)(C)C(=O)OCC(F)(F)F. The standard InChI is InChI=1S/C11H19F3O2/c1-9(2,3)6-10(4,5)8(15)16-7-11(12,13)14/h6-7H2,1-5H3. The molecule has 0 radical (unpaired) electrons. The van der Waals surface area contributed by atoms with Crippen LogP contribution in [0.2, 0.25) is 0 Å². The lowest BCUT2D eigenvalue weighted by Gasteiger charge is -2.30. The molecule has 0 aliphatic rings. The van der Waals surface area contributed by atoms with Gasteiger partial charge in [0.25, 0.3) is 0 Å². The van der Waals surface area contributed by atoms with E-state index in [4.69, 9.17) is 0 Å². The van der Waals surface area contributed by atoms with Gasteiger partial charge in [0, 0.05) is 0 Å². The highest BCUT2D eigenvalue weighted by Crippen LogP contribution is 2.34. The van der Waals surface area contributed by atoms with Crippen molar-refractivity contribution in [2.24, 2.45) is 10.8 Å². The summed E-state index contributed by atoms with van der Waals surface area (Å²) in [4.78, 5) is 11.5. The molecule has 16 heavy (non-hydrogen) atoms. The normalized spacial score (nSPS) is 13.8. The fourth-order valence-electron chi connectivity index (χ4n) is 1.74. The van der Waals surface area contributed by atoms with E-state index in [2.05, 4.69) is 4.74 Å². The number of hydrogen-bond donors (Lipinski definition) is 0. The maximum atomic E-state index is 11.9. The van der Waals surface area contributed by atoms with Crippen LogP contribution in [0.3, 0.4) is 0 Å². The fraction of sp³-hybridized carbons (Fsp3) is 0.909. The predicted octanol–water partition coefficient (Wildman–Crippen LogP) is 3.55.